The quantitative estimate of drug-likeness (QED) is 0.342. The summed E-state index contributed by atoms with van der Waals surface area (Å²) in [5.74, 6) is -0.332. The standard InChI is InChI=1S/C26H28N4O4S/c1-16(2)35(33,34)20-9-7-18(8-10-20)23-15-28-25-24(29-23)21(14-27-25)26(32)30-22(11-12-31)19-6-4-5-17(3)13-19/h4-10,13-16,22,31H,11-12H2,1-3H3,(H,27,28)(H,30,32)/t22-/m1/s1. The number of carbonyl (C=O) groups excluding carboxylic acids is 1. The van der Waals surface area contributed by atoms with E-state index in [4.69, 9.17) is 0 Å². The zero-order chi connectivity index (χ0) is 25.2. The Balaban J connectivity index is 1.63. The molecule has 4 aromatic rings. The number of sulfone groups is 1. The van der Waals surface area contributed by atoms with Crippen LogP contribution in [0.3, 0.4) is 0 Å². The van der Waals surface area contributed by atoms with Crippen LogP contribution in [0.25, 0.3) is 22.4 Å². The van der Waals surface area contributed by atoms with Gasteiger partial charge in [0.2, 0.25) is 0 Å². The molecule has 0 aliphatic carbocycles. The van der Waals surface area contributed by atoms with Gasteiger partial charge >= 0.3 is 0 Å². The highest BCUT2D eigenvalue weighted by Crippen LogP contribution is 2.25. The Bertz CT molecular complexity index is 1460. The van der Waals surface area contributed by atoms with Gasteiger partial charge < -0.3 is 15.4 Å². The van der Waals surface area contributed by atoms with Crippen molar-refractivity contribution < 1.29 is 18.3 Å². The summed E-state index contributed by atoms with van der Waals surface area (Å²) < 4.78 is 24.8. The minimum absolute atomic E-state index is 0.0702. The highest BCUT2D eigenvalue weighted by atomic mass is 32.2. The summed E-state index contributed by atoms with van der Waals surface area (Å²) in [6.45, 7) is 5.19. The van der Waals surface area contributed by atoms with Gasteiger partial charge in [-0.25, -0.2) is 18.4 Å². The van der Waals surface area contributed by atoms with Crippen LogP contribution in [-0.4, -0.2) is 46.2 Å². The second kappa shape index (κ2) is 9.97. The number of rotatable bonds is 8. The Kier molecular flexibility index (Phi) is 7.00. The van der Waals surface area contributed by atoms with Crippen molar-refractivity contribution in [2.45, 2.75) is 43.4 Å². The first-order valence-corrected chi connectivity index (χ1v) is 12.9. The number of aromatic nitrogens is 3. The number of aliphatic hydroxyl groups is 1. The molecule has 8 nitrogen and oxygen atoms in total. The van der Waals surface area contributed by atoms with Gasteiger partial charge in [0.15, 0.2) is 15.5 Å². The topological polar surface area (TPSA) is 125 Å². The van der Waals surface area contributed by atoms with Gasteiger partial charge in [-0.3, -0.25) is 4.79 Å². The molecule has 2 heterocycles. The Morgan fingerprint density at radius 2 is 1.89 bits per heavy atom. The fourth-order valence-electron chi connectivity index (χ4n) is 3.87. The monoisotopic (exact) mass is 492 g/mol. The number of hydrogen-bond acceptors (Lipinski definition) is 6. The number of aryl methyl sites for hydroxylation is 1. The van der Waals surface area contributed by atoms with E-state index in [0.29, 0.717) is 34.4 Å². The summed E-state index contributed by atoms with van der Waals surface area (Å²) >= 11 is 0. The molecule has 0 bridgehead atoms. The molecule has 3 N–H and O–H groups in total. The molecule has 182 valence electrons. The lowest BCUT2D eigenvalue weighted by Crippen LogP contribution is -2.29. The molecule has 1 amide bonds. The highest BCUT2D eigenvalue weighted by Gasteiger charge is 2.21. The fraction of sp³-hybridized carbons (Fsp3) is 0.269. The third-order valence-corrected chi connectivity index (χ3v) is 8.06. The van der Waals surface area contributed by atoms with Crippen molar-refractivity contribution in [1.82, 2.24) is 20.3 Å². The van der Waals surface area contributed by atoms with E-state index >= 15 is 0 Å². The normalized spacial score (nSPS) is 12.7. The van der Waals surface area contributed by atoms with Crippen LogP contribution in [0.1, 0.15) is 47.8 Å². The second-order valence-corrected chi connectivity index (χ2v) is 11.2. The van der Waals surface area contributed by atoms with E-state index in [1.165, 1.54) is 0 Å². The first-order chi connectivity index (χ1) is 16.7. The molecule has 0 fully saturated rings. The molecule has 2 aromatic carbocycles. The SMILES string of the molecule is Cc1cccc([C@@H](CCO)NC(=O)c2c[nH]c3ncc(-c4ccc(S(=O)(=O)C(C)C)cc4)nc23)c1. The van der Waals surface area contributed by atoms with E-state index < -0.39 is 15.1 Å². The van der Waals surface area contributed by atoms with Gasteiger partial charge in [-0.2, -0.15) is 0 Å². The highest BCUT2D eigenvalue weighted by molar-refractivity contribution is 7.92. The summed E-state index contributed by atoms with van der Waals surface area (Å²) in [6, 6.07) is 13.9. The molecule has 0 saturated heterocycles. The van der Waals surface area contributed by atoms with Crippen molar-refractivity contribution in [1.29, 1.82) is 0 Å². The van der Waals surface area contributed by atoms with Crippen molar-refractivity contribution in [2.24, 2.45) is 0 Å². The van der Waals surface area contributed by atoms with Crippen molar-refractivity contribution in [3.63, 3.8) is 0 Å². The van der Waals surface area contributed by atoms with Gasteiger partial charge in [-0.1, -0.05) is 42.0 Å². The van der Waals surface area contributed by atoms with Crippen LogP contribution in [0.15, 0.2) is 65.8 Å². The average Bonchev–Trinajstić information content (AvgIpc) is 3.27. The number of carbonyl (C=O) groups is 1. The Labute approximate surface area is 204 Å². The number of aromatic amines is 1. The number of H-pyrrole nitrogens is 1. The lowest BCUT2D eigenvalue weighted by atomic mass is 10.0. The van der Waals surface area contributed by atoms with Crippen molar-refractivity contribution >= 4 is 26.9 Å². The van der Waals surface area contributed by atoms with Crippen molar-refractivity contribution in [3.8, 4) is 11.3 Å². The first-order valence-electron chi connectivity index (χ1n) is 11.4. The predicted molar refractivity (Wildman–Crippen MR) is 135 cm³/mol. The number of nitrogens with zero attached hydrogens (tertiary/aromatic N) is 2. The number of fused-ring (bicyclic) bond motifs is 1. The minimum atomic E-state index is -3.37. The maximum absolute atomic E-state index is 13.2. The molecule has 0 aliphatic rings. The molecular formula is C26H28N4O4S. The zero-order valence-corrected chi connectivity index (χ0v) is 20.6. The smallest absolute Gasteiger partial charge is 0.255 e. The molecule has 0 spiro atoms. The largest absolute Gasteiger partial charge is 0.396 e. The third-order valence-electron chi connectivity index (χ3n) is 5.89. The lowest BCUT2D eigenvalue weighted by molar-refractivity contribution is 0.0931. The van der Waals surface area contributed by atoms with Crippen LogP contribution >= 0.6 is 0 Å². The molecule has 0 saturated carbocycles. The fourth-order valence-corrected chi connectivity index (χ4v) is 4.93. The summed E-state index contributed by atoms with van der Waals surface area (Å²) in [7, 11) is -3.37. The van der Waals surface area contributed by atoms with Crippen LogP contribution in [0.2, 0.25) is 0 Å². The van der Waals surface area contributed by atoms with Crippen LogP contribution in [0.5, 0.6) is 0 Å². The molecule has 1 atom stereocenters. The second-order valence-electron chi connectivity index (χ2n) is 8.73. The van der Waals surface area contributed by atoms with E-state index in [0.717, 1.165) is 11.1 Å². The number of aliphatic hydroxyl groups excluding tert-OH is 1. The maximum atomic E-state index is 13.2. The van der Waals surface area contributed by atoms with Gasteiger partial charge in [0.1, 0.15) is 5.52 Å². The van der Waals surface area contributed by atoms with Crippen LogP contribution < -0.4 is 5.32 Å². The molecule has 35 heavy (non-hydrogen) atoms. The summed E-state index contributed by atoms with van der Waals surface area (Å²) in [5.41, 5.74) is 4.39. The van der Waals surface area contributed by atoms with Gasteiger partial charge in [-0.15, -0.1) is 0 Å². The lowest BCUT2D eigenvalue weighted by Gasteiger charge is -2.18. The molecule has 0 aliphatic heterocycles. The molecule has 9 heteroatoms. The van der Waals surface area contributed by atoms with E-state index in [1.807, 2.05) is 31.2 Å². The Morgan fingerprint density at radius 1 is 1.14 bits per heavy atom. The van der Waals surface area contributed by atoms with E-state index in [1.54, 1.807) is 50.5 Å². The Morgan fingerprint density at radius 3 is 2.54 bits per heavy atom. The average molecular weight is 493 g/mol. The third kappa shape index (κ3) is 5.11. The van der Waals surface area contributed by atoms with Crippen LogP contribution in [-0.2, 0) is 9.84 Å². The van der Waals surface area contributed by atoms with Gasteiger partial charge in [0.25, 0.3) is 5.91 Å². The van der Waals surface area contributed by atoms with E-state index in [2.05, 4.69) is 20.3 Å². The van der Waals surface area contributed by atoms with Gasteiger partial charge in [0, 0.05) is 18.4 Å². The summed E-state index contributed by atoms with van der Waals surface area (Å²) in [6.07, 6.45) is 3.52. The zero-order valence-electron chi connectivity index (χ0n) is 19.8. The van der Waals surface area contributed by atoms with Crippen LogP contribution in [0, 0.1) is 6.92 Å². The summed E-state index contributed by atoms with van der Waals surface area (Å²) in [4.78, 5) is 25.4. The van der Waals surface area contributed by atoms with Crippen molar-refractivity contribution in [3.05, 3.63) is 77.6 Å². The predicted octanol–water partition coefficient (Wildman–Crippen LogP) is 3.97. The number of amides is 1. The van der Waals surface area contributed by atoms with Gasteiger partial charge in [-0.05, 0) is 44.9 Å². The number of benzene rings is 2. The molecule has 0 radical (unpaired) electrons. The maximum Gasteiger partial charge on any atom is 0.255 e. The summed E-state index contributed by atoms with van der Waals surface area (Å²) in [5, 5.41) is 12.0. The Hall–Kier alpha value is -3.56. The minimum Gasteiger partial charge on any atom is -0.396 e. The van der Waals surface area contributed by atoms with E-state index in [9.17, 15) is 18.3 Å². The van der Waals surface area contributed by atoms with E-state index in [-0.39, 0.29) is 23.5 Å². The van der Waals surface area contributed by atoms with Crippen LogP contribution in [0.4, 0.5) is 0 Å². The first kappa shape index (κ1) is 24.6. The van der Waals surface area contributed by atoms with Crippen molar-refractivity contribution in [2.75, 3.05) is 6.61 Å². The number of nitrogens with one attached hydrogen (secondary N) is 2. The number of hydrogen-bond donors (Lipinski definition) is 3. The molecular weight excluding hydrogens is 464 g/mol. The van der Waals surface area contributed by atoms with Gasteiger partial charge in [0.05, 0.1) is 33.6 Å². The molecule has 0 unspecified atom stereocenters. The molecule has 4 rings (SSSR count). The molecule has 2 aromatic heterocycles.